The average Bonchev–Trinajstić information content (AvgIpc) is 2.79. The van der Waals surface area contributed by atoms with Gasteiger partial charge >= 0.3 is 0 Å². The molecule has 1 atom stereocenters. The van der Waals surface area contributed by atoms with Crippen LogP contribution in [0.2, 0.25) is 0 Å². The monoisotopic (exact) mass is 312 g/mol. The largest absolute Gasteiger partial charge is 0.373 e. The molecule has 2 aromatic rings. The first-order chi connectivity index (χ1) is 11.0. The van der Waals surface area contributed by atoms with Gasteiger partial charge in [-0.05, 0) is 49.2 Å². The van der Waals surface area contributed by atoms with E-state index in [4.69, 9.17) is 0 Å². The first kappa shape index (κ1) is 15.2. The van der Waals surface area contributed by atoms with Gasteiger partial charge in [-0.2, -0.15) is 0 Å². The molecular formula is C18H17FN2O2. The van der Waals surface area contributed by atoms with Crippen molar-refractivity contribution in [2.45, 2.75) is 26.3 Å². The Hall–Kier alpha value is -2.69. The second-order valence-corrected chi connectivity index (χ2v) is 5.71. The molecule has 1 fully saturated rings. The number of hydrogen-bond donors (Lipinski definition) is 1. The van der Waals surface area contributed by atoms with Crippen LogP contribution in [-0.2, 0) is 9.59 Å². The Bertz CT molecular complexity index is 751. The highest BCUT2D eigenvalue weighted by atomic mass is 19.1. The Morgan fingerprint density at radius 3 is 2.26 bits per heavy atom. The van der Waals surface area contributed by atoms with Crippen molar-refractivity contribution in [2.75, 3.05) is 10.2 Å². The summed E-state index contributed by atoms with van der Waals surface area (Å²) in [5, 5.41) is 3.18. The molecule has 0 radical (unpaired) electrons. The van der Waals surface area contributed by atoms with Gasteiger partial charge in [-0.1, -0.05) is 18.2 Å². The highest BCUT2D eigenvalue weighted by molar-refractivity contribution is 6.23. The van der Waals surface area contributed by atoms with Crippen LogP contribution in [0.25, 0.3) is 0 Å². The van der Waals surface area contributed by atoms with Crippen molar-refractivity contribution in [1.82, 2.24) is 0 Å². The van der Waals surface area contributed by atoms with E-state index in [1.807, 2.05) is 32.0 Å². The van der Waals surface area contributed by atoms with Crippen molar-refractivity contribution >= 4 is 23.2 Å². The zero-order chi connectivity index (χ0) is 16.6. The second kappa shape index (κ2) is 5.83. The lowest BCUT2D eigenvalue weighted by atomic mass is 10.1. The Morgan fingerprint density at radius 2 is 1.65 bits per heavy atom. The van der Waals surface area contributed by atoms with Crippen LogP contribution in [0, 0.1) is 19.7 Å². The number of aryl methyl sites for hydroxylation is 2. The number of para-hydroxylation sites is 1. The van der Waals surface area contributed by atoms with Crippen LogP contribution in [-0.4, -0.2) is 17.9 Å². The number of carbonyl (C=O) groups is 2. The minimum atomic E-state index is -0.604. The lowest BCUT2D eigenvalue weighted by Crippen LogP contribution is -2.35. The van der Waals surface area contributed by atoms with E-state index in [2.05, 4.69) is 5.32 Å². The van der Waals surface area contributed by atoms with E-state index < -0.39 is 11.9 Å². The molecule has 1 aliphatic rings. The lowest BCUT2D eigenvalue weighted by molar-refractivity contribution is -0.121. The van der Waals surface area contributed by atoms with Gasteiger partial charge in [0, 0.05) is 5.69 Å². The van der Waals surface area contributed by atoms with Gasteiger partial charge in [0.15, 0.2) is 0 Å². The normalized spacial score (nSPS) is 17.7. The van der Waals surface area contributed by atoms with Gasteiger partial charge in [0.05, 0.1) is 12.1 Å². The van der Waals surface area contributed by atoms with E-state index in [1.54, 1.807) is 0 Å². The molecule has 5 heteroatoms. The number of anilines is 2. The third kappa shape index (κ3) is 2.82. The minimum Gasteiger partial charge on any atom is -0.373 e. The number of amides is 2. The number of imide groups is 1. The summed E-state index contributed by atoms with van der Waals surface area (Å²) in [6.45, 7) is 3.91. The van der Waals surface area contributed by atoms with Crippen molar-refractivity contribution in [1.29, 1.82) is 0 Å². The molecule has 0 bridgehead atoms. The molecule has 0 aliphatic carbocycles. The summed E-state index contributed by atoms with van der Waals surface area (Å²) in [6, 6.07) is 10.6. The summed E-state index contributed by atoms with van der Waals surface area (Å²) in [5.41, 5.74) is 3.31. The van der Waals surface area contributed by atoms with Crippen LogP contribution < -0.4 is 10.2 Å². The van der Waals surface area contributed by atoms with Crippen LogP contribution in [0.3, 0.4) is 0 Å². The molecule has 0 unspecified atom stereocenters. The molecule has 0 saturated carbocycles. The zero-order valence-corrected chi connectivity index (χ0v) is 13.0. The molecule has 0 aromatic heterocycles. The fourth-order valence-electron chi connectivity index (χ4n) is 2.82. The molecule has 4 nitrogen and oxygen atoms in total. The third-order valence-electron chi connectivity index (χ3n) is 4.03. The number of rotatable bonds is 3. The fourth-order valence-corrected chi connectivity index (χ4v) is 2.82. The van der Waals surface area contributed by atoms with E-state index in [0.717, 1.165) is 21.7 Å². The maximum absolute atomic E-state index is 13.0. The van der Waals surface area contributed by atoms with Gasteiger partial charge in [0.25, 0.3) is 5.91 Å². The molecule has 1 N–H and O–H groups in total. The molecule has 1 heterocycles. The Balaban J connectivity index is 1.85. The molecule has 3 rings (SSSR count). The summed E-state index contributed by atoms with van der Waals surface area (Å²) in [5.74, 6) is -1.01. The summed E-state index contributed by atoms with van der Waals surface area (Å²) in [4.78, 5) is 25.9. The van der Waals surface area contributed by atoms with Crippen molar-refractivity contribution in [3.63, 3.8) is 0 Å². The predicted octanol–water partition coefficient (Wildman–Crippen LogP) is 3.19. The Labute approximate surface area is 133 Å². The second-order valence-electron chi connectivity index (χ2n) is 5.71. The molecule has 2 amide bonds. The Morgan fingerprint density at radius 1 is 1.04 bits per heavy atom. The molecule has 23 heavy (non-hydrogen) atoms. The summed E-state index contributed by atoms with van der Waals surface area (Å²) in [6.07, 6.45) is 0.0873. The number of benzene rings is 2. The van der Waals surface area contributed by atoms with Crippen LogP contribution in [0.4, 0.5) is 15.8 Å². The number of hydrogen-bond acceptors (Lipinski definition) is 3. The van der Waals surface area contributed by atoms with E-state index in [1.165, 1.54) is 24.3 Å². The highest BCUT2D eigenvalue weighted by Gasteiger charge is 2.39. The van der Waals surface area contributed by atoms with Crippen molar-refractivity contribution < 1.29 is 14.0 Å². The molecule has 1 saturated heterocycles. The standard InChI is InChI=1S/C18H17FN2O2/c1-11-4-3-5-12(2)17(11)20-15-10-16(22)21(18(15)23)14-8-6-13(19)7-9-14/h3-9,15,20H,10H2,1-2H3/t15-/m0/s1. The van der Waals surface area contributed by atoms with Crippen molar-refractivity contribution in [2.24, 2.45) is 0 Å². The zero-order valence-electron chi connectivity index (χ0n) is 13.0. The van der Waals surface area contributed by atoms with Gasteiger partial charge in [-0.25, -0.2) is 9.29 Å². The number of nitrogens with zero attached hydrogens (tertiary/aromatic N) is 1. The Kier molecular flexibility index (Phi) is 3.86. The molecule has 2 aromatic carbocycles. The first-order valence-corrected chi connectivity index (χ1v) is 7.42. The molecular weight excluding hydrogens is 295 g/mol. The third-order valence-corrected chi connectivity index (χ3v) is 4.03. The van der Waals surface area contributed by atoms with Crippen LogP contribution in [0.15, 0.2) is 42.5 Å². The quantitative estimate of drug-likeness (QED) is 0.886. The van der Waals surface area contributed by atoms with E-state index >= 15 is 0 Å². The van der Waals surface area contributed by atoms with Crippen LogP contribution >= 0.6 is 0 Å². The highest BCUT2D eigenvalue weighted by Crippen LogP contribution is 2.27. The number of carbonyl (C=O) groups excluding carboxylic acids is 2. The number of nitrogens with one attached hydrogen (secondary N) is 1. The maximum atomic E-state index is 13.0. The van der Waals surface area contributed by atoms with Crippen molar-refractivity contribution in [3.8, 4) is 0 Å². The summed E-state index contributed by atoms with van der Waals surface area (Å²) in [7, 11) is 0. The number of halogens is 1. The van der Waals surface area contributed by atoms with E-state index in [9.17, 15) is 14.0 Å². The van der Waals surface area contributed by atoms with E-state index in [0.29, 0.717) is 5.69 Å². The smallest absolute Gasteiger partial charge is 0.256 e. The minimum absolute atomic E-state index is 0.0873. The lowest BCUT2D eigenvalue weighted by Gasteiger charge is -2.18. The fraction of sp³-hybridized carbons (Fsp3) is 0.222. The SMILES string of the molecule is Cc1cccc(C)c1N[C@H]1CC(=O)N(c2ccc(F)cc2)C1=O. The van der Waals surface area contributed by atoms with E-state index in [-0.39, 0.29) is 18.2 Å². The van der Waals surface area contributed by atoms with Crippen LogP contribution in [0.5, 0.6) is 0 Å². The summed E-state index contributed by atoms with van der Waals surface area (Å²) < 4.78 is 13.0. The average molecular weight is 312 g/mol. The van der Waals surface area contributed by atoms with Gasteiger partial charge in [0.2, 0.25) is 5.91 Å². The first-order valence-electron chi connectivity index (χ1n) is 7.42. The topological polar surface area (TPSA) is 49.4 Å². The molecule has 1 aliphatic heterocycles. The maximum Gasteiger partial charge on any atom is 0.256 e. The molecule has 118 valence electrons. The van der Waals surface area contributed by atoms with Gasteiger partial charge in [0.1, 0.15) is 11.9 Å². The van der Waals surface area contributed by atoms with Gasteiger partial charge in [-0.15, -0.1) is 0 Å². The summed E-state index contributed by atoms with van der Waals surface area (Å²) >= 11 is 0. The predicted molar refractivity (Wildman–Crippen MR) is 86.8 cm³/mol. The van der Waals surface area contributed by atoms with Gasteiger partial charge < -0.3 is 5.32 Å². The van der Waals surface area contributed by atoms with Gasteiger partial charge in [-0.3, -0.25) is 9.59 Å². The van der Waals surface area contributed by atoms with Crippen molar-refractivity contribution in [3.05, 3.63) is 59.4 Å². The van der Waals surface area contributed by atoms with Crippen LogP contribution in [0.1, 0.15) is 17.5 Å². The molecule has 0 spiro atoms.